The number of hydrogen-bond acceptors (Lipinski definition) is 19. The van der Waals surface area contributed by atoms with Gasteiger partial charge in [-0.25, -0.2) is 19.2 Å². The van der Waals surface area contributed by atoms with Crippen LogP contribution in [-0.2, 0) is 76.3 Å². The third-order valence-electron chi connectivity index (χ3n) is 27.3. The van der Waals surface area contributed by atoms with E-state index >= 15 is 19.2 Å². The van der Waals surface area contributed by atoms with Crippen LogP contribution in [0.15, 0.2) is 60.7 Å². The average Bonchev–Trinajstić information content (AvgIpc) is 1.67. The summed E-state index contributed by atoms with van der Waals surface area (Å²) in [5.41, 5.74) is -12.5. The van der Waals surface area contributed by atoms with Gasteiger partial charge < -0.3 is 47.4 Å². The highest BCUT2D eigenvalue weighted by Gasteiger charge is 2.80. The zero-order valence-electron chi connectivity index (χ0n) is 56.7. The fraction of sp³-hybridized carbons (Fsp3) is 0.579. The second-order valence-electron chi connectivity index (χ2n) is 31.8. The molecule has 8 fully saturated rings. The summed E-state index contributed by atoms with van der Waals surface area (Å²) in [5.74, 6) is -3.96. The molecule has 12 atom stereocenters. The second-order valence-corrected chi connectivity index (χ2v) is 32.8. The molecule has 10 aliphatic rings. The van der Waals surface area contributed by atoms with Crippen molar-refractivity contribution in [3.05, 3.63) is 83.0 Å². The van der Waals surface area contributed by atoms with E-state index < -0.39 is 138 Å². The summed E-state index contributed by atoms with van der Waals surface area (Å²) < 4.78 is 67.2. The molecule has 5 heterocycles. The van der Waals surface area contributed by atoms with Crippen LogP contribution in [0.25, 0.3) is 41.7 Å². The summed E-state index contributed by atoms with van der Waals surface area (Å²) in [5, 5.41) is 3.67. The first-order valence-electron chi connectivity index (χ1n) is 34.0. The van der Waals surface area contributed by atoms with E-state index in [1.165, 1.54) is 11.3 Å². The number of rotatable bonds is 16. The van der Waals surface area contributed by atoms with E-state index in [1.807, 2.05) is 119 Å². The molecule has 0 radical (unpaired) electrons. The van der Waals surface area contributed by atoms with Gasteiger partial charge in [-0.3, -0.25) is 19.2 Å². The zero-order chi connectivity index (χ0) is 67.8. The smallest absolute Gasteiger partial charge is 0.352 e. The van der Waals surface area contributed by atoms with Gasteiger partial charge >= 0.3 is 47.8 Å². The molecule has 8 bridgehead atoms. The van der Waals surface area contributed by atoms with Crippen molar-refractivity contribution in [1.82, 2.24) is 0 Å². The molecule has 4 aliphatic heterocycles. The SMILES string of the molecule is CCCCOc1cc2c(c3c1ccc1sc4ccc5c(OCCCC)cc6c(c5c4c13)C(OC(=O)[C@@]13CC[C@@](C)(C(=O)O1)C3(C)C)C=CC6OC(=O)[C@@]13CC[C@@](C)(C(=O)O1)C3(C)C)C(OC(=O)[C@@]13CC[C@@](C)(C(=O)O1)C3(C)C)C=CC2OC(=O)[C@@]12CC[C@@](C)(C(=O)O1)C2(C)C. The zero-order valence-corrected chi connectivity index (χ0v) is 57.6. The number of esters is 8. The van der Waals surface area contributed by atoms with Crippen molar-refractivity contribution in [3.63, 3.8) is 0 Å². The molecular formula is C76H84O18S. The van der Waals surface area contributed by atoms with Crippen molar-refractivity contribution in [1.29, 1.82) is 0 Å². The second kappa shape index (κ2) is 20.1. The van der Waals surface area contributed by atoms with Gasteiger partial charge in [0.25, 0.3) is 0 Å². The molecule has 6 aliphatic carbocycles. The van der Waals surface area contributed by atoms with Gasteiger partial charge in [-0.1, -0.05) is 82.1 Å². The van der Waals surface area contributed by atoms with Gasteiger partial charge in [0.05, 0.1) is 34.9 Å². The number of hydrogen-bond donors (Lipinski definition) is 0. The number of ether oxygens (including phenoxy) is 10. The van der Waals surface area contributed by atoms with Crippen molar-refractivity contribution < 1.29 is 85.7 Å². The molecule has 18 nitrogen and oxygen atoms in total. The summed E-state index contributed by atoms with van der Waals surface area (Å²) in [4.78, 5) is 117. The minimum absolute atomic E-state index is 0.227. The molecule has 15 rings (SSSR count). The van der Waals surface area contributed by atoms with E-state index in [1.54, 1.807) is 24.3 Å². The monoisotopic (exact) mass is 1320 g/mol. The molecule has 19 heteroatoms. The lowest BCUT2D eigenvalue weighted by atomic mass is 9.66. The number of carbonyl (C=O) groups excluding carboxylic acids is 8. The number of unbranched alkanes of at least 4 members (excludes halogenated alkanes) is 2. The van der Waals surface area contributed by atoms with E-state index in [2.05, 4.69) is 13.8 Å². The molecule has 0 spiro atoms. The summed E-state index contributed by atoms with van der Waals surface area (Å²) >= 11 is 1.49. The van der Waals surface area contributed by atoms with Crippen molar-refractivity contribution in [2.45, 2.75) is 221 Å². The largest absolute Gasteiger partial charge is 0.493 e. The number of benzene rings is 4. The van der Waals surface area contributed by atoms with Gasteiger partial charge in [-0.15, -0.1) is 11.3 Å². The summed E-state index contributed by atoms with van der Waals surface area (Å²) in [7, 11) is 0. The molecule has 4 unspecified atom stereocenters. The fourth-order valence-corrected chi connectivity index (χ4v) is 19.8. The van der Waals surface area contributed by atoms with E-state index in [9.17, 15) is 19.2 Å². The van der Waals surface area contributed by atoms with Gasteiger partial charge in [0, 0.05) is 85.6 Å². The maximum Gasteiger partial charge on any atom is 0.352 e. The molecule has 0 amide bonds. The van der Waals surface area contributed by atoms with Crippen molar-refractivity contribution >= 4 is 101 Å². The van der Waals surface area contributed by atoms with Gasteiger partial charge in [-0.2, -0.15) is 0 Å². The van der Waals surface area contributed by atoms with Crippen LogP contribution in [0.2, 0.25) is 0 Å². The van der Waals surface area contributed by atoms with Crippen LogP contribution in [0.1, 0.15) is 221 Å². The standard InChI is InChI=1S/C76H84O18S/c1-15-17-35-85-47-37-41-43(87-61(81)73-31-27-69(11,57(77)91-73)65(73,3)4)21-23-45(89-63(83)75-33-29-71(13,59(79)93-75)67(75,7)8)51(41)53-39(47)19-25-49-55(53)56-50(95-49)26-20-40-48(86-36-18-16-2)38-42-44(88-62(82)74-32-28-70(12,58(78)92-74)66(74,5)6)22-24-46(52(42)54(40)56)90-64(84)76-34-30-72(14,60(80)94-76)68(76,9)10/h19-26,37-38,43-46H,15-18,27-36H2,1-14H3/t43?,44?,45?,46?,69-,70-,71-,72-,73+,74+,75+,76+/m0/s1. The summed E-state index contributed by atoms with van der Waals surface area (Å²) in [6.45, 7) is 27.0. The molecule has 1 aromatic heterocycles. The fourth-order valence-electron chi connectivity index (χ4n) is 18.6. The highest BCUT2D eigenvalue weighted by Crippen LogP contribution is 2.70. The summed E-state index contributed by atoms with van der Waals surface area (Å²) in [6, 6.07) is 11.6. The van der Waals surface area contributed by atoms with Gasteiger partial charge in [0.2, 0.25) is 22.4 Å². The molecule has 4 aromatic carbocycles. The van der Waals surface area contributed by atoms with Crippen molar-refractivity contribution in [3.8, 4) is 11.5 Å². The number of thiophene rings is 1. The first-order chi connectivity index (χ1) is 44.7. The average molecular weight is 1320 g/mol. The Labute approximate surface area is 555 Å². The Bertz CT molecular complexity index is 4140. The van der Waals surface area contributed by atoms with Crippen LogP contribution in [0.4, 0.5) is 0 Å². The first kappa shape index (κ1) is 63.5. The predicted molar refractivity (Wildman–Crippen MR) is 349 cm³/mol. The Morgan fingerprint density at radius 1 is 0.411 bits per heavy atom. The van der Waals surface area contributed by atoms with Crippen molar-refractivity contribution in [2.75, 3.05) is 13.2 Å². The maximum atomic E-state index is 15.5. The number of fused-ring (bicyclic) bond motifs is 19. The van der Waals surface area contributed by atoms with Gasteiger partial charge in [-0.05, 0) is 153 Å². The normalized spacial score (nSPS) is 35.5. The van der Waals surface area contributed by atoms with Crippen LogP contribution in [0.3, 0.4) is 0 Å². The minimum atomic E-state index is -1.65. The molecule has 95 heavy (non-hydrogen) atoms. The van der Waals surface area contributed by atoms with E-state index in [4.69, 9.17) is 47.4 Å². The quantitative estimate of drug-likeness (QED) is 0.0387. The Kier molecular flexibility index (Phi) is 13.4. The van der Waals surface area contributed by atoms with Crippen LogP contribution in [-0.4, -0.2) is 83.4 Å². The molecule has 502 valence electrons. The van der Waals surface area contributed by atoms with E-state index in [0.717, 1.165) is 22.2 Å². The third kappa shape index (κ3) is 7.52. The molecule has 0 N–H and O–H groups in total. The highest BCUT2D eigenvalue weighted by atomic mass is 32.1. The Morgan fingerprint density at radius 2 is 0.695 bits per heavy atom. The molecule has 4 saturated heterocycles. The lowest BCUT2D eigenvalue weighted by Gasteiger charge is -2.38. The van der Waals surface area contributed by atoms with Crippen LogP contribution < -0.4 is 9.47 Å². The van der Waals surface area contributed by atoms with Crippen LogP contribution in [0.5, 0.6) is 11.5 Å². The third-order valence-corrected chi connectivity index (χ3v) is 28.4. The predicted octanol–water partition coefficient (Wildman–Crippen LogP) is 14.7. The molecular weight excluding hydrogens is 1230 g/mol. The molecule has 5 aromatic rings. The number of carbonyl (C=O) groups is 8. The Balaban J connectivity index is 0.997. The summed E-state index contributed by atoms with van der Waals surface area (Å²) in [6.07, 6.45) is 7.50. The van der Waals surface area contributed by atoms with Gasteiger partial charge in [0.1, 0.15) is 35.9 Å². The minimum Gasteiger partial charge on any atom is -0.493 e. The van der Waals surface area contributed by atoms with Crippen molar-refractivity contribution in [2.24, 2.45) is 43.3 Å². The lowest BCUT2D eigenvalue weighted by Crippen LogP contribution is -2.49. The van der Waals surface area contributed by atoms with Crippen LogP contribution in [0, 0.1) is 43.3 Å². The highest BCUT2D eigenvalue weighted by molar-refractivity contribution is 7.26. The van der Waals surface area contributed by atoms with E-state index in [-0.39, 0.29) is 25.7 Å². The van der Waals surface area contributed by atoms with Crippen LogP contribution >= 0.6 is 11.3 Å². The van der Waals surface area contributed by atoms with Gasteiger partial charge in [0.15, 0.2) is 0 Å². The topological polar surface area (TPSA) is 229 Å². The molecule has 4 saturated carbocycles. The lowest BCUT2D eigenvalue weighted by molar-refractivity contribution is -0.187. The van der Waals surface area contributed by atoms with E-state index in [0.29, 0.717) is 118 Å². The maximum absolute atomic E-state index is 15.5. The Morgan fingerprint density at radius 3 is 0.958 bits per heavy atom. The first-order valence-corrected chi connectivity index (χ1v) is 34.9. The Hall–Kier alpha value is -7.54.